The predicted molar refractivity (Wildman–Crippen MR) is 56.5 cm³/mol. The lowest BCUT2D eigenvalue weighted by Gasteiger charge is -1.97. The summed E-state index contributed by atoms with van der Waals surface area (Å²) in [5.74, 6) is -0.985. The highest BCUT2D eigenvalue weighted by Crippen LogP contribution is 2.20. The molecule has 0 aliphatic rings. The molecule has 0 saturated heterocycles. The van der Waals surface area contributed by atoms with E-state index in [1.807, 2.05) is 6.92 Å². The first kappa shape index (κ1) is 9.98. The first-order valence-corrected chi connectivity index (χ1v) is 4.91. The molecule has 0 bridgehead atoms. The molecule has 0 amide bonds. The highest BCUT2D eigenvalue weighted by molar-refractivity contribution is 6.33. The number of rotatable bonds is 2. The number of fused-ring (bicyclic) bond motifs is 1. The highest BCUT2D eigenvalue weighted by atomic mass is 35.5. The Hall–Kier alpha value is -1.55. The third-order valence-corrected chi connectivity index (χ3v) is 2.51. The van der Waals surface area contributed by atoms with Crippen LogP contribution in [0.3, 0.4) is 0 Å². The third-order valence-electron chi connectivity index (χ3n) is 2.21. The van der Waals surface area contributed by atoms with Gasteiger partial charge in [0.25, 0.3) is 0 Å². The number of halogens is 1. The van der Waals surface area contributed by atoms with Crippen LogP contribution in [0.15, 0.2) is 18.3 Å². The molecule has 0 saturated carbocycles. The summed E-state index contributed by atoms with van der Waals surface area (Å²) in [6.45, 7) is 1.86. The van der Waals surface area contributed by atoms with E-state index in [0.717, 1.165) is 0 Å². The largest absolute Gasteiger partial charge is 0.477 e. The van der Waals surface area contributed by atoms with Crippen LogP contribution in [0.2, 0.25) is 5.02 Å². The number of pyridine rings is 1. The fourth-order valence-electron chi connectivity index (χ4n) is 1.55. The molecule has 0 spiro atoms. The standard InChI is InChI=1S/C10H9ClN2O2/c1-2-7-8(10(14)15)13-5-3-4-6(11)9(13)12-7/h3-5H,2H2,1H3,(H,14,15). The Morgan fingerprint density at radius 3 is 3.00 bits per heavy atom. The summed E-state index contributed by atoms with van der Waals surface area (Å²) in [6, 6.07) is 3.39. The normalized spacial score (nSPS) is 10.8. The van der Waals surface area contributed by atoms with E-state index in [1.165, 1.54) is 4.40 Å². The Labute approximate surface area is 91.1 Å². The Kier molecular flexibility index (Phi) is 2.36. The van der Waals surface area contributed by atoms with Gasteiger partial charge in [-0.3, -0.25) is 4.40 Å². The van der Waals surface area contributed by atoms with Crippen molar-refractivity contribution in [3.05, 3.63) is 34.7 Å². The van der Waals surface area contributed by atoms with Crippen molar-refractivity contribution in [1.29, 1.82) is 0 Å². The predicted octanol–water partition coefficient (Wildman–Crippen LogP) is 2.25. The molecular formula is C10H9ClN2O2. The van der Waals surface area contributed by atoms with Crippen LogP contribution in [0.4, 0.5) is 0 Å². The second-order valence-corrected chi connectivity index (χ2v) is 3.52. The summed E-state index contributed by atoms with van der Waals surface area (Å²) >= 11 is 5.93. The van der Waals surface area contributed by atoms with Crippen molar-refractivity contribution in [3.8, 4) is 0 Å². The zero-order valence-electron chi connectivity index (χ0n) is 8.07. The highest BCUT2D eigenvalue weighted by Gasteiger charge is 2.17. The van der Waals surface area contributed by atoms with Crippen LogP contribution in [-0.4, -0.2) is 20.5 Å². The van der Waals surface area contributed by atoms with Crippen LogP contribution in [0.1, 0.15) is 23.1 Å². The molecule has 2 rings (SSSR count). The lowest BCUT2D eigenvalue weighted by Crippen LogP contribution is -2.04. The first-order chi connectivity index (χ1) is 7.15. The molecule has 15 heavy (non-hydrogen) atoms. The van der Waals surface area contributed by atoms with E-state index in [4.69, 9.17) is 16.7 Å². The van der Waals surface area contributed by atoms with Crippen LogP contribution in [0.25, 0.3) is 5.65 Å². The van der Waals surface area contributed by atoms with Gasteiger partial charge >= 0.3 is 5.97 Å². The van der Waals surface area contributed by atoms with E-state index in [1.54, 1.807) is 18.3 Å². The molecule has 2 heterocycles. The Bertz CT molecular complexity index is 533. The van der Waals surface area contributed by atoms with Crippen molar-refractivity contribution in [2.45, 2.75) is 13.3 Å². The monoisotopic (exact) mass is 224 g/mol. The van der Waals surface area contributed by atoms with Gasteiger partial charge in [0.15, 0.2) is 11.3 Å². The summed E-state index contributed by atoms with van der Waals surface area (Å²) in [5.41, 5.74) is 1.24. The van der Waals surface area contributed by atoms with Gasteiger partial charge in [-0.25, -0.2) is 9.78 Å². The van der Waals surface area contributed by atoms with Crippen molar-refractivity contribution >= 4 is 23.2 Å². The van der Waals surface area contributed by atoms with E-state index >= 15 is 0 Å². The number of imidazole rings is 1. The maximum atomic E-state index is 11.1. The van der Waals surface area contributed by atoms with Gasteiger partial charge in [0, 0.05) is 6.20 Å². The summed E-state index contributed by atoms with van der Waals surface area (Å²) in [5, 5.41) is 9.53. The number of aromatic nitrogens is 2. The number of carbonyl (C=O) groups is 1. The third kappa shape index (κ3) is 1.47. The Morgan fingerprint density at radius 2 is 2.40 bits per heavy atom. The maximum absolute atomic E-state index is 11.1. The number of carboxylic acids is 1. The van der Waals surface area contributed by atoms with Gasteiger partial charge in [-0.15, -0.1) is 0 Å². The minimum atomic E-state index is -0.985. The van der Waals surface area contributed by atoms with Crippen LogP contribution in [-0.2, 0) is 6.42 Å². The minimum absolute atomic E-state index is 0.190. The second-order valence-electron chi connectivity index (χ2n) is 3.12. The molecule has 0 radical (unpaired) electrons. The van der Waals surface area contributed by atoms with E-state index in [9.17, 15) is 4.79 Å². The summed E-state index contributed by atoms with van der Waals surface area (Å²) in [6.07, 6.45) is 2.22. The quantitative estimate of drug-likeness (QED) is 0.851. The molecule has 0 unspecified atom stereocenters. The van der Waals surface area contributed by atoms with Crippen LogP contribution >= 0.6 is 11.6 Å². The molecule has 2 aromatic rings. The van der Waals surface area contributed by atoms with E-state index in [-0.39, 0.29) is 5.69 Å². The molecule has 5 heteroatoms. The van der Waals surface area contributed by atoms with Crippen LogP contribution in [0.5, 0.6) is 0 Å². The molecule has 1 N–H and O–H groups in total. The number of aromatic carboxylic acids is 1. The number of nitrogens with zero attached hydrogens (tertiary/aromatic N) is 2. The lowest BCUT2D eigenvalue weighted by molar-refractivity contribution is 0.0688. The Morgan fingerprint density at radius 1 is 1.67 bits per heavy atom. The number of hydrogen-bond donors (Lipinski definition) is 1. The van der Waals surface area contributed by atoms with Gasteiger partial charge in [-0.05, 0) is 18.6 Å². The van der Waals surface area contributed by atoms with E-state index in [0.29, 0.717) is 22.8 Å². The average molecular weight is 225 g/mol. The van der Waals surface area contributed by atoms with E-state index in [2.05, 4.69) is 4.98 Å². The lowest BCUT2D eigenvalue weighted by atomic mass is 10.2. The van der Waals surface area contributed by atoms with E-state index < -0.39 is 5.97 Å². The van der Waals surface area contributed by atoms with Gasteiger partial charge in [-0.1, -0.05) is 18.5 Å². The maximum Gasteiger partial charge on any atom is 0.354 e. The van der Waals surface area contributed by atoms with Gasteiger partial charge in [0.2, 0.25) is 0 Å². The molecule has 0 fully saturated rings. The number of hydrogen-bond acceptors (Lipinski definition) is 2. The van der Waals surface area contributed by atoms with Gasteiger partial charge in [0.05, 0.1) is 10.7 Å². The fourth-order valence-corrected chi connectivity index (χ4v) is 1.76. The molecule has 2 aromatic heterocycles. The van der Waals surface area contributed by atoms with Gasteiger partial charge < -0.3 is 5.11 Å². The molecule has 0 aliphatic carbocycles. The summed E-state index contributed by atoms with van der Waals surface area (Å²) in [7, 11) is 0. The minimum Gasteiger partial charge on any atom is -0.477 e. The van der Waals surface area contributed by atoms with Crippen LogP contribution in [0, 0.1) is 0 Å². The molecule has 0 atom stereocenters. The molecular weight excluding hydrogens is 216 g/mol. The molecule has 0 aromatic carbocycles. The Balaban J connectivity index is 2.86. The molecule has 78 valence electrons. The van der Waals surface area contributed by atoms with Crippen molar-refractivity contribution in [2.24, 2.45) is 0 Å². The molecule has 0 aliphatic heterocycles. The van der Waals surface area contributed by atoms with Crippen molar-refractivity contribution in [2.75, 3.05) is 0 Å². The topological polar surface area (TPSA) is 54.6 Å². The fraction of sp³-hybridized carbons (Fsp3) is 0.200. The molecule has 4 nitrogen and oxygen atoms in total. The van der Waals surface area contributed by atoms with Crippen molar-refractivity contribution in [1.82, 2.24) is 9.38 Å². The summed E-state index contributed by atoms with van der Waals surface area (Å²) in [4.78, 5) is 15.3. The van der Waals surface area contributed by atoms with Crippen molar-refractivity contribution < 1.29 is 9.90 Å². The van der Waals surface area contributed by atoms with Gasteiger partial charge in [-0.2, -0.15) is 0 Å². The second kappa shape index (κ2) is 3.55. The van der Waals surface area contributed by atoms with Gasteiger partial charge in [0.1, 0.15) is 0 Å². The summed E-state index contributed by atoms with van der Waals surface area (Å²) < 4.78 is 1.50. The zero-order chi connectivity index (χ0) is 11.0. The zero-order valence-corrected chi connectivity index (χ0v) is 8.82. The SMILES string of the molecule is CCc1nc2c(Cl)cccn2c1C(=O)O. The number of carboxylic acid groups (broad SMARTS) is 1. The van der Waals surface area contributed by atoms with Crippen molar-refractivity contribution in [3.63, 3.8) is 0 Å². The smallest absolute Gasteiger partial charge is 0.354 e. The number of aryl methyl sites for hydroxylation is 1. The average Bonchev–Trinajstić information content (AvgIpc) is 2.57. The van der Waals surface area contributed by atoms with Crippen LogP contribution < -0.4 is 0 Å². The first-order valence-electron chi connectivity index (χ1n) is 4.54.